The van der Waals surface area contributed by atoms with Crippen LogP contribution < -0.4 is 5.32 Å². The highest BCUT2D eigenvalue weighted by Gasteiger charge is 2.33. The van der Waals surface area contributed by atoms with Crippen molar-refractivity contribution in [1.29, 1.82) is 0 Å². The lowest BCUT2D eigenvalue weighted by atomic mass is 10.1. The van der Waals surface area contributed by atoms with Crippen LogP contribution in [-0.4, -0.2) is 50.8 Å². The number of amides is 1. The van der Waals surface area contributed by atoms with Gasteiger partial charge in [-0.1, -0.05) is 18.2 Å². The number of thiophene rings is 1. The van der Waals surface area contributed by atoms with E-state index in [9.17, 15) is 18.0 Å². The van der Waals surface area contributed by atoms with E-state index in [1.54, 1.807) is 29.6 Å². The lowest BCUT2D eigenvalue weighted by Gasteiger charge is -2.31. The summed E-state index contributed by atoms with van der Waals surface area (Å²) in [4.78, 5) is 24.1. The number of rotatable bonds is 5. The van der Waals surface area contributed by atoms with Crippen molar-refractivity contribution < 1.29 is 22.7 Å². The highest BCUT2D eigenvalue weighted by atomic mass is 32.2. The molecule has 0 aliphatic carbocycles. The summed E-state index contributed by atoms with van der Waals surface area (Å²) in [6.45, 7) is 0.553. The first-order chi connectivity index (χ1) is 12.9. The Bertz CT molecular complexity index is 916. The summed E-state index contributed by atoms with van der Waals surface area (Å²) in [7, 11) is -2.56. The Hall–Kier alpha value is -2.23. The number of piperidine rings is 1. The Labute approximate surface area is 162 Å². The number of carbonyl (C=O) groups excluding carboxylic acids is 2. The van der Waals surface area contributed by atoms with E-state index >= 15 is 0 Å². The smallest absolute Gasteiger partial charge is 0.349 e. The molecule has 7 nitrogen and oxygen atoms in total. The van der Waals surface area contributed by atoms with E-state index in [0.29, 0.717) is 18.4 Å². The molecule has 0 saturated carbocycles. The number of ether oxygens (including phenoxy) is 1. The maximum Gasteiger partial charge on any atom is 0.349 e. The van der Waals surface area contributed by atoms with Crippen molar-refractivity contribution in [3.63, 3.8) is 0 Å². The maximum absolute atomic E-state index is 12.9. The van der Waals surface area contributed by atoms with E-state index in [0.717, 1.165) is 11.3 Å². The largest absolute Gasteiger partial charge is 0.465 e. The van der Waals surface area contributed by atoms with E-state index in [4.69, 9.17) is 0 Å². The average molecular weight is 409 g/mol. The van der Waals surface area contributed by atoms with Crippen LogP contribution in [0.15, 0.2) is 46.7 Å². The van der Waals surface area contributed by atoms with Crippen molar-refractivity contribution in [1.82, 2.24) is 9.62 Å². The number of nitrogens with one attached hydrogen (secondary N) is 1. The predicted molar refractivity (Wildman–Crippen MR) is 101 cm³/mol. The van der Waals surface area contributed by atoms with Crippen LogP contribution in [0.5, 0.6) is 0 Å². The molecule has 1 aromatic carbocycles. The number of hydrogen-bond acceptors (Lipinski definition) is 6. The number of benzene rings is 1. The van der Waals surface area contributed by atoms with E-state index in [1.807, 2.05) is 6.07 Å². The molecule has 0 atom stereocenters. The third-order valence-electron chi connectivity index (χ3n) is 4.44. The molecule has 2 heterocycles. The van der Waals surface area contributed by atoms with Crippen LogP contribution in [0.4, 0.5) is 0 Å². The van der Waals surface area contributed by atoms with Gasteiger partial charge in [0.05, 0.1) is 7.11 Å². The first kappa shape index (κ1) is 19.5. The van der Waals surface area contributed by atoms with Crippen LogP contribution in [0.1, 0.15) is 32.9 Å². The summed E-state index contributed by atoms with van der Waals surface area (Å²) in [5, 5.41) is 4.51. The SMILES string of the molecule is COC(=O)c1sccc1S(=O)(=O)N1CCC(NC(=O)c2ccccc2)CC1. The third-order valence-corrected chi connectivity index (χ3v) is 7.41. The fourth-order valence-corrected chi connectivity index (χ4v) is 5.76. The molecule has 1 saturated heterocycles. The van der Waals surface area contributed by atoms with Crippen LogP contribution in [0.25, 0.3) is 0 Å². The zero-order valence-electron chi connectivity index (χ0n) is 14.8. The summed E-state index contributed by atoms with van der Waals surface area (Å²) in [6, 6.07) is 10.2. The van der Waals surface area contributed by atoms with Crippen molar-refractivity contribution in [3.05, 3.63) is 52.2 Å². The Morgan fingerprint density at radius 2 is 1.81 bits per heavy atom. The van der Waals surface area contributed by atoms with E-state index in [-0.39, 0.29) is 34.8 Å². The third kappa shape index (κ3) is 4.20. The van der Waals surface area contributed by atoms with E-state index in [1.165, 1.54) is 17.5 Å². The second kappa shape index (κ2) is 8.20. The summed E-state index contributed by atoms with van der Waals surface area (Å²) >= 11 is 1.04. The zero-order valence-corrected chi connectivity index (χ0v) is 16.4. The van der Waals surface area contributed by atoms with Crippen LogP contribution in [0.3, 0.4) is 0 Å². The Kier molecular flexibility index (Phi) is 5.93. The van der Waals surface area contributed by atoms with Crippen LogP contribution >= 0.6 is 11.3 Å². The second-order valence-corrected chi connectivity index (χ2v) is 8.95. The summed E-state index contributed by atoms with van der Waals surface area (Å²) in [6.07, 6.45) is 1.02. The number of methoxy groups -OCH3 is 1. The van der Waals surface area contributed by atoms with Crippen molar-refractivity contribution >= 4 is 33.2 Å². The van der Waals surface area contributed by atoms with Gasteiger partial charge in [0.15, 0.2) is 0 Å². The molecule has 2 aromatic rings. The van der Waals surface area contributed by atoms with Gasteiger partial charge in [0.25, 0.3) is 5.91 Å². The lowest BCUT2D eigenvalue weighted by Crippen LogP contribution is -2.46. The van der Waals surface area contributed by atoms with Gasteiger partial charge in [-0.3, -0.25) is 4.79 Å². The standard InChI is InChI=1S/C18H20N2O5S2/c1-25-18(22)16-15(9-12-26-16)27(23,24)20-10-7-14(8-11-20)19-17(21)13-5-3-2-4-6-13/h2-6,9,12,14H,7-8,10-11H2,1H3,(H,19,21). The zero-order chi connectivity index (χ0) is 19.4. The molecule has 0 spiro atoms. The van der Waals surface area contributed by atoms with Gasteiger partial charge in [0.1, 0.15) is 9.77 Å². The van der Waals surface area contributed by atoms with Crippen molar-refractivity contribution in [2.45, 2.75) is 23.8 Å². The average Bonchev–Trinajstić information content (AvgIpc) is 3.19. The fraction of sp³-hybridized carbons (Fsp3) is 0.333. The molecule has 1 aliphatic heterocycles. The molecule has 0 radical (unpaired) electrons. The van der Waals surface area contributed by atoms with E-state index < -0.39 is 16.0 Å². The number of hydrogen-bond donors (Lipinski definition) is 1. The molecule has 144 valence electrons. The number of carbonyl (C=O) groups is 2. The van der Waals surface area contributed by atoms with Gasteiger partial charge >= 0.3 is 5.97 Å². The first-order valence-electron chi connectivity index (χ1n) is 8.45. The van der Waals surface area contributed by atoms with Gasteiger partial charge in [0.2, 0.25) is 10.0 Å². The molecular weight excluding hydrogens is 388 g/mol. The lowest BCUT2D eigenvalue weighted by molar-refractivity contribution is 0.0601. The second-order valence-electron chi connectivity index (χ2n) is 6.12. The van der Waals surface area contributed by atoms with E-state index in [2.05, 4.69) is 10.1 Å². The molecule has 0 bridgehead atoms. The fourth-order valence-electron chi connectivity index (χ4n) is 2.98. The number of nitrogens with zero attached hydrogens (tertiary/aromatic N) is 1. The molecule has 27 heavy (non-hydrogen) atoms. The Morgan fingerprint density at radius 1 is 1.15 bits per heavy atom. The van der Waals surface area contributed by atoms with Gasteiger partial charge in [-0.2, -0.15) is 4.31 Å². The molecule has 0 unspecified atom stereocenters. The minimum Gasteiger partial charge on any atom is -0.465 e. The summed E-state index contributed by atoms with van der Waals surface area (Å²) < 4.78 is 31.8. The normalized spacial score (nSPS) is 16.0. The van der Waals surface area contributed by atoms with Gasteiger partial charge in [-0.05, 0) is 36.4 Å². The first-order valence-corrected chi connectivity index (χ1v) is 10.8. The number of esters is 1. The molecule has 9 heteroatoms. The molecule has 3 rings (SSSR count). The summed E-state index contributed by atoms with van der Waals surface area (Å²) in [5.74, 6) is -0.823. The van der Waals surface area contributed by atoms with Gasteiger partial charge in [-0.15, -0.1) is 11.3 Å². The molecule has 1 aromatic heterocycles. The van der Waals surface area contributed by atoms with Crippen molar-refractivity contribution in [2.75, 3.05) is 20.2 Å². The quantitative estimate of drug-likeness (QED) is 0.765. The minimum absolute atomic E-state index is 0.0221. The molecule has 1 fully saturated rings. The van der Waals surface area contributed by atoms with Crippen LogP contribution in [-0.2, 0) is 14.8 Å². The van der Waals surface area contributed by atoms with Crippen molar-refractivity contribution in [3.8, 4) is 0 Å². The molecular formula is C18H20N2O5S2. The Balaban J connectivity index is 1.64. The monoisotopic (exact) mass is 408 g/mol. The van der Waals surface area contributed by atoms with Crippen molar-refractivity contribution in [2.24, 2.45) is 0 Å². The maximum atomic E-state index is 12.9. The van der Waals surface area contributed by atoms with Gasteiger partial charge in [-0.25, -0.2) is 13.2 Å². The predicted octanol–water partition coefficient (Wildman–Crippen LogP) is 2.12. The minimum atomic E-state index is -3.78. The molecule has 1 aliphatic rings. The number of sulfonamides is 1. The van der Waals surface area contributed by atoms with Crippen LogP contribution in [0, 0.1) is 0 Å². The Morgan fingerprint density at radius 3 is 2.44 bits per heavy atom. The molecule has 1 amide bonds. The summed E-state index contributed by atoms with van der Waals surface area (Å²) in [5.41, 5.74) is 0.577. The van der Waals surface area contributed by atoms with Crippen LogP contribution in [0.2, 0.25) is 0 Å². The van der Waals surface area contributed by atoms with Gasteiger partial charge < -0.3 is 10.1 Å². The van der Waals surface area contributed by atoms with Gasteiger partial charge in [0, 0.05) is 24.7 Å². The molecule has 1 N–H and O–H groups in total. The topological polar surface area (TPSA) is 92.8 Å². The highest BCUT2D eigenvalue weighted by Crippen LogP contribution is 2.28. The highest BCUT2D eigenvalue weighted by molar-refractivity contribution is 7.89.